The summed E-state index contributed by atoms with van der Waals surface area (Å²) in [5, 5.41) is 7.67. The van der Waals surface area contributed by atoms with E-state index in [4.69, 9.17) is 28.0 Å². The lowest BCUT2D eigenvalue weighted by Gasteiger charge is -2.09. The lowest BCUT2D eigenvalue weighted by Crippen LogP contribution is -2.34. The first kappa shape index (κ1) is 16.7. The van der Waals surface area contributed by atoms with E-state index in [2.05, 4.69) is 10.5 Å². The van der Waals surface area contributed by atoms with Crippen LogP contribution in [0.3, 0.4) is 0 Å². The van der Waals surface area contributed by atoms with E-state index in [0.29, 0.717) is 27.7 Å². The van der Waals surface area contributed by atoms with Crippen molar-refractivity contribution in [1.82, 2.24) is 5.32 Å². The number of carbonyl (C=O) groups is 1. The van der Waals surface area contributed by atoms with E-state index >= 15 is 0 Å². The number of nitrogens with one attached hydrogen (secondary N) is 1. The Hall–Kier alpha value is -2.11. The van der Waals surface area contributed by atoms with Gasteiger partial charge in [-0.25, -0.2) is 4.39 Å². The van der Waals surface area contributed by atoms with Crippen LogP contribution in [0.25, 0.3) is 0 Å². The number of oxime groups is 1. The standard InChI is InChI=1S/C17H13Cl2FN2O2/c18-11-3-6-13(14(19)7-11)15-8-16(24-22-15)17(23)21-9-10-1-4-12(20)5-2-10/h1-7,16H,8-9H2,(H,21,23). The predicted molar refractivity (Wildman–Crippen MR) is 90.7 cm³/mol. The quantitative estimate of drug-likeness (QED) is 0.890. The maximum atomic E-state index is 12.9. The Morgan fingerprint density at radius 1 is 1.25 bits per heavy atom. The van der Waals surface area contributed by atoms with E-state index in [1.165, 1.54) is 12.1 Å². The summed E-state index contributed by atoms with van der Waals surface area (Å²) in [5.41, 5.74) is 2.08. The maximum absolute atomic E-state index is 12.9. The van der Waals surface area contributed by atoms with E-state index < -0.39 is 6.10 Å². The molecule has 0 saturated carbocycles. The van der Waals surface area contributed by atoms with Crippen molar-refractivity contribution in [1.29, 1.82) is 0 Å². The fourth-order valence-corrected chi connectivity index (χ4v) is 2.82. The van der Waals surface area contributed by atoms with Gasteiger partial charge in [-0.05, 0) is 29.8 Å². The summed E-state index contributed by atoms with van der Waals surface area (Å²) in [6, 6.07) is 11.0. The summed E-state index contributed by atoms with van der Waals surface area (Å²) in [4.78, 5) is 17.4. The van der Waals surface area contributed by atoms with Crippen molar-refractivity contribution in [3.05, 3.63) is 69.5 Å². The first-order valence-electron chi connectivity index (χ1n) is 7.23. The minimum absolute atomic E-state index is 0.288. The second-order valence-corrected chi connectivity index (χ2v) is 6.15. The average molecular weight is 367 g/mol. The summed E-state index contributed by atoms with van der Waals surface area (Å²) in [7, 11) is 0. The fourth-order valence-electron chi connectivity index (χ4n) is 2.31. The van der Waals surface area contributed by atoms with Crippen molar-refractivity contribution in [3.63, 3.8) is 0 Å². The van der Waals surface area contributed by atoms with Crippen LogP contribution in [0.1, 0.15) is 17.5 Å². The van der Waals surface area contributed by atoms with E-state index in [9.17, 15) is 9.18 Å². The van der Waals surface area contributed by atoms with Gasteiger partial charge < -0.3 is 10.2 Å². The van der Waals surface area contributed by atoms with E-state index in [1.807, 2.05) is 0 Å². The average Bonchev–Trinajstić information content (AvgIpc) is 3.04. The summed E-state index contributed by atoms with van der Waals surface area (Å²) in [5.74, 6) is -0.606. The van der Waals surface area contributed by atoms with Crippen LogP contribution in [0.5, 0.6) is 0 Å². The van der Waals surface area contributed by atoms with Crippen LogP contribution >= 0.6 is 23.2 Å². The smallest absolute Gasteiger partial charge is 0.264 e. The molecule has 1 atom stereocenters. The largest absolute Gasteiger partial charge is 0.382 e. The van der Waals surface area contributed by atoms with E-state index in [-0.39, 0.29) is 18.3 Å². The molecule has 1 unspecified atom stereocenters. The van der Waals surface area contributed by atoms with Gasteiger partial charge in [0.2, 0.25) is 6.10 Å². The molecule has 1 amide bonds. The molecule has 0 fully saturated rings. The molecule has 0 bridgehead atoms. The fraction of sp³-hybridized carbons (Fsp3) is 0.176. The number of hydrogen-bond donors (Lipinski definition) is 1. The molecule has 1 N–H and O–H groups in total. The van der Waals surface area contributed by atoms with Crippen LogP contribution in [-0.2, 0) is 16.2 Å². The second kappa shape index (κ2) is 7.20. The molecule has 1 aliphatic heterocycles. The van der Waals surface area contributed by atoms with Crippen molar-refractivity contribution in [3.8, 4) is 0 Å². The first-order valence-corrected chi connectivity index (χ1v) is 7.99. The highest BCUT2D eigenvalue weighted by atomic mass is 35.5. The van der Waals surface area contributed by atoms with Crippen LogP contribution < -0.4 is 5.32 Å². The molecule has 0 spiro atoms. The number of hydrogen-bond acceptors (Lipinski definition) is 3. The third kappa shape index (κ3) is 3.86. The molecule has 0 radical (unpaired) electrons. The number of carbonyl (C=O) groups excluding carboxylic acids is 1. The monoisotopic (exact) mass is 366 g/mol. The summed E-state index contributed by atoms with van der Waals surface area (Å²) in [6.45, 7) is 0.288. The van der Waals surface area contributed by atoms with Gasteiger partial charge in [-0.3, -0.25) is 4.79 Å². The molecule has 0 aliphatic carbocycles. The maximum Gasteiger partial charge on any atom is 0.264 e. The van der Waals surface area contributed by atoms with Gasteiger partial charge >= 0.3 is 0 Å². The SMILES string of the molecule is O=C(NCc1ccc(F)cc1)C1CC(c2ccc(Cl)cc2Cl)=NO1. The van der Waals surface area contributed by atoms with Gasteiger partial charge in [0, 0.05) is 23.6 Å². The summed E-state index contributed by atoms with van der Waals surface area (Å²) >= 11 is 12.0. The molecule has 4 nitrogen and oxygen atoms in total. The molecule has 124 valence electrons. The number of rotatable bonds is 4. The van der Waals surface area contributed by atoms with Gasteiger partial charge in [-0.1, -0.05) is 46.6 Å². The molecular weight excluding hydrogens is 354 g/mol. The van der Waals surface area contributed by atoms with Crippen molar-refractivity contribution < 1.29 is 14.0 Å². The molecule has 0 saturated heterocycles. The summed E-state index contributed by atoms with van der Waals surface area (Å²) in [6.07, 6.45) is -0.399. The minimum Gasteiger partial charge on any atom is -0.382 e. The Bertz CT molecular complexity index is 794. The third-order valence-electron chi connectivity index (χ3n) is 3.58. The third-order valence-corrected chi connectivity index (χ3v) is 4.13. The molecule has 1 aliphatic rings. The zero-order chi connectivity index (χ0) is 17.1. The Morgan fingerprint density at radius 3 is 2.71 bits per heavy atom. The Balaban J connectivity index is 1.58. The van der Waals surface area contributed by atoms with Crippen molar-refractivity contribution >= 4 is 34.8 Å². The lowest BCUT2D eigenvalue weighted by molar-refractivity contribution is -0.131. The molecule has 7 heteroatoms. The molecule has 24 heavy (non-hydrogen) atoms. The number of nitrogens with zero attached hydrogens (tertiary/aromatic N) is 1. The molecule has 2 aromatic carbocycles. The van der Waals surface area contributed by atoms with Gasteiger partial charge in [-0.15, -0.1) is 0 Å². The van der Waals surface area contributed by atoms with Gasteiger partial charge in [0.05, 0.1) is 10.7 Å². The number of benzene rings is 2. The van der Waals surface area contributed by atoms with Crippen molar-refractivity contribution in [2.45, 2.75) is 19.1 Å². The second-order valence-electron chi connectivity index (χ2n) is 5.30. The van der Waals surface area contributed by atoms with Crippen LogP contribution in [0.4, 0.5) is 4.39 Å². The molecule has 0 aromatic heterocycles. The van der Waals surface area contributed by atoms with Crippen LogP contribution in [0, 0.1) is 5.82 Å². The van der Waals surface area contributed by atoms with E-state index in [0.717, 1.165) is 5.56 Å². The Kier molecular flexibility index (Phi) is 5.02. The predicted octanol–water partition coefficient (Wildman–Crippen LogP) is 3.94. The van der Waals surface area contributed by atoms with Crippen molar-refractivity contribution in [2.75, 3.05) is 0 Å². The molecule has 2 aromatic rings. The van der Waals surface area contributed by atoms with Gasteiger partial charge in [0.15, 0.2) is 0 Å². The highest BCUT2D eigenvalue weighted by Gasteiger charge is 2.29. The molecular formula is C17H13Cl2FN2O2. The highest BCUT2D eigenvalue weighted by Crippen LogP contribution is 2.26. The first-order chi connectivity index (χ1) is 11.5. The Morgan fingerprint density at radius 2 is 2.00 bits per heavy atom. The van der Waals surface area contributed by atoms with Gasteiger partial charge in [0.1, 0.15) is 5.82 Å². The van der Waals surface area contributed by atoms with Crippen molar-refractivity contribution in [2.24, 2.45) is 5.16 Å². The summed E-state index contributed by atoms with van der Waals surface area (Å²) < 4.78 is 12.9. The molecule has 3 rings (SSSR count). The van der Waals surface area contributed by atoms with Gasteiger partial charge in [0.25, 0.3) is 5.91 Å². The lowest BCUT2D eigenvalue weighted by atomic mass is 10.0. The van der Waals surface area contributed by atoms with Crippen LogP contribution in [-0.4, -0.2) is 17.7 Å². The van der Waals surface area contributed by atoms with Crippen LogP contribution in [0.2, 0.25) is 10.0 Å². The van der Waals surface area contributed by atoms with Crippen LogP contribution in [0.15, 0.2) is 47.6 Å². The topological polar surface area (TPSA) is 50.7 Å². The zero-order valence-electron chi connectivity index (χ0n) is 12.4. The zero-order valence-corrected chi connectivity index (χ0v) is 13.9. The van der Waals surface area contributed by atoms with E-state index in [1.54, 1.807) is 30.3 Å². The number of halogens is 3. The Labute approximate surface area is 148 Å². The number of amides is 1. The normalized spacial score (nSPS) is 16.5. The highest BCUT2D eigenvalue weighted by molar-refractivity contribution is 6.37. The molecule has 1 heterocycles. The van der Waals surface area contributed by atoms with Gasteiger partial charge in [-0.2, -0.15) is 0 Å². The minimum atomic E-state index is -0.716.